The van der Waals surface area contributed by atoms with E-state index in [4.69, 9.17) is 15.2 Å². The Morgan fingerprint density at radius 1 is 0.958 bits per heavy atom. The highest BCUT2D eigenvalue weighted by molar-refractivity contribution is 6.05. The van der Waals surface area contributed by atoms with E-state index in [1.165, 1.54) is 0 Å². The van der Waals surface area contributed by atoms with Crippen LogP contribution in [0.25, 0.3) is 27.5 Å². The van der Waals surface area contributed by atoms with Crippen molar-refractivity contribution in [3.63, 3.8) is 0 Å². The van der Waals surface area contributed by atoms with Gasteiger partial charge in [0.2, 0.25) is 0 Å². The summed E-state index contributed by atoms with van der Waals surface area (Å²) < 4.78 is 13.0. The van der Waals surface area contributed by atoms with Crippen molar-refractivity contribution in [2.24, 2.45) is 0 Å². The van der Waals surface area contributed by atoms with Crippen LogP contribution in [0.1, 0.15) is 0 Å². The Morgan fingerprint density at radius 3 is 2.38 bits per heavy atom. The van der Waals surface area contributed by atoms with E-state index in [-0.39, 0.29) is 0 Å². The Kier molecular flexibility index (Phi) is 3.27. The van der Waals surface area contributed by atoms with Gasteiger partial charge in [-0.2, -0.15) is 0 Å². The molecule has 0 aliphatic carbocycles. The molecular formula is C19H17N3O2. The van der Waals surface area contributed by atoms with Gasteiger partial charge in [0.1, 0.15) is 0 Å². The fourth-order valence-corrected chi connectivity index (χ4v) is 2.99. The zero-order valence-electron chi connectivity index (χ0n) is 13.5. The van der Waals surface area contributed by atoms with E-state index < -0.39 is 0 Å². The second-order valence-electron chi connectivity index (χ2n) is 5.56. The van der Waals surface area contributed by atoms with Crippen molar-refractivity contribution >= 4 is 27.5 Å². The van der Waals surface area contributed by atoms with Gasteiger partial charge in [-0.05, 0) is 36.4 Å². The standard InChI is InChI=1S/C19H17N3O2/c1-23-17-9-15-16(10-18(17)24-2)21-11-12-7-8-22(19(12)15)14-5-3-13(20)4-6-14/h3-11H,20H2,1-2H3. The highest BCUT2D eigenvalue weighted by Gasteiger charge is 2.13. The van der Waals surface area contributed by atoms with Gasteiger partial charge in [-0.25, -0.2) is 0 Å². The lowest BCUT2D eigenvalue weighted by atomic mass is 10.1. The molecule has 120 valence electrons. The van der Waals surface area contributed by atoms with Gasteiger partial charge in [-0.15, -0.1) is 0 Å². The zero-order valence-corrected chi connectivity index (χ0v) is 13.5. The molecule has 24 heavy (non-hydrogen) atoms. The summed E-state index contributed by atoms with van der Waals surface area (Å²) in [7, 11) is 3.26. The molecule has 0 spiro atoms. The molecule has 0 radical (unpaired) electrons. The minimum atomic E-state index is 0.669. The molecule has 2 aromatic carbocycles. The van der Waals surface area contributed by atoms with Crippen LogP contribution in [0.2, 0.25) is 0 Å². The van der Waals surface area contributed by atoms with Gasteiger partial charge in [-0.1, -0.05) is 0 Å². The number of methoxy groups -OCH3 is 2. The Labute approximate surface area is 139 Å². The summed E-state index contributed by atoms with van der Waals surface area (Å²) in [6.07, 6.45) is 3.91. The van der Waals surface area contributed by atoms with Crippen molar-refractivity contribution in [2.75, 3.05) is 20.0 Å². The lowest BCUT2D eigenvalue weighted by Crippen LogP contribution is -1.96. The van der Waals surface area contributed by atoms with Gasteiger partial charge in [-0.3, -0.25) is 4.98 Å². The molecular weight excluding hydrogens is 302 g/mol. The molecule has 2 aromatic heterocycles. The van der Waals surface area contributed by atoms with Gasteiger partial charge in [0, 0.05) is 40.6 Å². The average Bonchev–Trinajstić information content (AvgIpc) is 3.05. The van der Waals surface area contributed by atoms with E-state index in [0.29, 0.717) is 11.5 Å². The smallest absolute Gasteiger partial charge is 0.162 e. The molecule has 5 nitrogen and oxygen atoms in total. The van der Waals surface area contributed by atoms with Crippen LogP contribution in [0.5, 0.6) is 11.5 Å². The van der Waals surface area contributed by atoms with E-state index in [1.54, 1.807) is 14.2 Å². The molecule has 0 atom stereocenters. The highest BCUT2D eigenvalue weighted by atomic mass is 16.5. The maximum Gasteiger partial charge on any atom is 0.162 e. The quantitative estimate of drug-likeness (QED) is 0.584. The normalized spacial score (nSPS) is 11.1. The fraction of sp³-hybridized carbons (Fsp3) is 0.105. The van der Waals surface area contributed by atoms with Crippen LogP contribution < -0.4 is 15.2 Å². The van der Waals surface area contributed by atoms with E-state index in [9.17, 15) is 0 Å². The first-order chi connectivity index (χ1) is 11.7. The molecule has 2 N–H and O–H groups in total. The number of nitrogens with zero attached hydrogens (tertiary/aromatic N) is 2. The molecule has 0 aliphatic rings. The van der Waals surface area contributed by atoms with Crippen molar-refractivity contribution in [1.82, 2.24) is 9.55 Å². The van der Waals surface area contributed by atoms with Crippen molar-refractivity contribution in [3.05, 3.63) is 54.9 Å². The fourth-order valence-electron chi connectivity index (χ4n) is 2.99. The van der Waals surface area contributed by atoms with Crippen LogP contribution in [-0.2, 0) is 0 Å². The van der Waals surface area contributed by atoms with E-state index in [2.05, 4.69) is 15.6 Å². The van der Waals surface area contributed by atoms with Crippen LogP contribution in [0.4, 0.5) is 5.69 Å². The third-order valence-electron chi connectivity index (χ3n) is 4.19. The van der Waals surface area contributed by atoms with Crippen LogP contribution in [0, 0.1) is 0 Å². The summed E-state index contributed by atoms with van der Waals surface area (Å²) in [6.45, 7) is 0. The summed E-state index contributed by atoms with van der Waals surface area (Å²) in [6, 6.07) is 13.7. The van der Waals surface area contributed by atoms with Crippen molar-refractivity contribution in [2.45, 2.75) is 0 Å². The minimum absolute atomic E-state index is 0.669. The minimum Gasteiger partial charge on any atom is -0.493 e. The third-order valence-corrected chi connectivity index (χ3v) is 4.19. The molecule has 0 aliphatic heterocycles. The number of nitrogens with two attached hydrogens (primary N) is 1. The summed E-state index contributed by atoms with van der Waals surface area (Å²) in [5, 5.41) is 2.07. The van der Waals surface area contributed by atoms with E-state index in [0.717, 1.165) is 33.2 Å². The topological polar surface area (TPSA) is 62.3 Å². The molecule has 5 heteroatoms. The van der Waals surface area contributed by atoms with Crippen molar-refractivity contribution in [3.8, 4) is 17.2 Å². The predicted molar refractivity (Wildman–Crippen MR) is 96.1 cm³/mol. The maximum absolute atomic E-state index is 5.80. The number of pyridine rings is 1. The van der Waals surface area contributed by atoms with Gasteiger partial charge >= 0.3 is 0 Å². The third kappa shape index (κ3) is 2.13. The molecule has 0 saturated heterocycles. The number of ether oxygens (including phenoxy) is 2. The summed E-state index contributed by atoms with van der Waals surface area (Å²) in [5.74, 6) is 1.35. The summed E-state index contributed by atoms with van der Waals surface area (Å²) in [5.41, 5.74) is 9.52. The number of benzene rings is 2. The number of rotatable bonds is 3. The number of hydrogen-bond acceptors (Lipinski definition) is 4. The molecule has 0 bridgehead atoms. The molecule has 4 aromatic rings. The second kappa shape index (κ2) is 5.45. The monoisotopic (exact) mass is 319 g/mol. The van der Waals surface area contributed by atoms with Gasteiger partial charge in [0.25, 0.3) is 0 Å². The number of nitrogen functional groups attached to an aromatic ring is 1. The number of aromatic nitrogens is 2. The van der Waals surface area contributed by atoms with Crippen LogP contribution in [0.15, 0.2) is 54.9 Å². The molecule has 0 amide bonds. The Balaban J connectivity index is 2.06. The van der Waals surface area contributed by atoms with Gasteiger partial charge in [0.15, 0.2) is 11.5 Å². The molecule has 0 fully saturated rings. The van der Waals surface area contributed by atoms with Crippen LogP contribution >= 0.6 is 0 Å². The second-order valence-corrected chi connectivity index (χ2v) is 5.56. The number of fused-ring (bicyclic) bond motifs is 3. The largest absolute Gasteiger partial charge is 0.493 e. The van der Waals surface area contributed by atoms with Gasteiger partial charge < -0.3 is 19.8 Å². The van der Waals surface area contributed by atoms with E-state index in [1.807, 2.05) is 48.8 Å². The first-order valence-corrected chi connectivity index (χ1v) is 7.59. The van der Waals surface area contributed by atoms with E-state index >= 15 is 0 Å². The highest BCUT2D eigenvalue weighted by Crippen LogP contribution is 2.35. The Morgan fingerprint density at radius 2 is 1.67 bits per heavy atom. The Hall–Kier alpha value is -3.21. The molecule has 0 unspecified atom stereocenters. The summed E-state index contributed by atoms with van der Waals surface area (Å²) in [4.78, 5) is 4.55. The number of hydrogen-bond donors (Lipinski definition) is 1. The van der Waals surface area contributed by atoms with Gasteiger partial charge in [0.05, 0.1) is 25.3 Å². The van der Waals surface area contributed by atoms with Crippen molar-refractivity contribution in [1.29, 1.82) is 0 Å². The molecule has 4 rings (SSSR count). The Bertz CT molecular complexity index is 1040. The SMILES string of the molecule is COc1cc2ncc3ccn(-c4ccc(N)cc4)c3c2cc1OC. The first-order valence-electron chi connectivity index (χ1n) is 7.59. The maximum atomic E-state index is 5.80. The van der Waals surface area contributed by atoms with Crippen LogP contribution in [-0.4, -0.2) is 23.8 Å². The lowest BCUT2D eigenvalue weighted by Gasteiger charge is -2.12. The summed E-state index contributed by atoms with van der Waals surface area (Å²) >= 11 is 0. The number of anilines is 1. The van der Waals surface area contributed by atoms with Crippen molar-refractivity contribution < 1.29 is 9.47 Å². The van der Waals surface area contributed by atoms with Crippen LogP contribution in [0.3, 0.4) is 0 Å². The lowest BCUT2D eigenvalue weighted by molar-refractivity contribution is 0.356. The molecule has 0 saturated carbocycles. The predicted octanol–water partition coefficient (Wildman–Crippen LogP) is 3.78. The zero-order chi connectivity index (χ0) is 16.7. The first kappa shape index (κ1) is 14.4. The molecule has 2 heterocycles. The average molecular weight is 319 g/mol.